The number of para-hydroxylation sites is 2. The molecule has 3 aromatic rings. The number of nitrogens with one attached hydrogen (secondary N) is 1. The van der Waals surface area contributed by atoms with E-state index in [4.69, 9.17) is 0 Å². The third-order valence-corrected chi connectivity index (χ3v) is 5.79. The van der Waals surface area contributed by atoms with Crippen LogP contribution in [0.4, 0.5) is 11.4 Å². The van der Waals surface area contributed by atoms with Crippen molar-refractivity contribution in [2.45, 2.75) is 19.4 Å². The Kier molecular flexibility index (Phi) is 6.34. The van der Waals surface area contributed by atoms with Crippen LogP contribution in [0.2, 0.25) is 0 Å². The molecular weight excluding hydrogens is 384 g/mol. The van der Waals surface area contributed by atoms with E-state index < -0.39 is 16.1 Å². The minimum atomic E-state index is -3.66. The lowest BCUT2D eigenvalue weighted by Crippen LogP contribution is -2.47. The van der Waals surface area contributed by atoms with Crippen molar-refractivity contribution >= 4 is 27.3 Å². The monoisotopic (exact) mass is 408 g/mol. The zero-order valence-electron chi connectivity index (χ0n) is 16.4. The summed E-state index contributed by atoms with van der Waals surface area (Å²) >= 11 is 0. The molecule has 1 amide bonds. The van der Waals surface area contributed by atoms with Gasteiger partial charge in [-0.05, 0) is 30.2 Å². The van der Waals surface area contributed by atoms with Gasteiger partial charge in [0.1, 0.15) is 6.04 Å². The molecule has 6 heteroatoms. The molecule has 5 nitrogen and oxygen atoms in total. The fourth-order valence-corrected chi connectivity index (χ4v) is 4.52. The maximum absolute atomic E-state index is 13.2. The first-order valence-corrected chi connectivity index (χ1v) is 11.3. The SMILES string of the molecule is CCC(C(=O)Nc1ccccc1-c1ccccc1)N(c1ccccc1)S(C)(=O)=O. The van der Waals surface area contributed by atoms with E-state index in [1.54, 1.807) is 37.3 Å². The average molecular weight is 409 g/mol. The quantitative estimate of drug-likeness (QED) is 0.624. The van der Waals surface area contributed by atoms with Crippen molar-refractivity contribution < 1.29 is 13.2 Å². The predicted octanol–water partition coefficient (Wildman–Crippen LogP) is 4.54. The van der Waals surface area contributed by atoms with Crippen molar-refractivity contribution in [1.82, 2.24) is 0 Å². The molecule has 0 saturated heterocycles. The Labute approximate surface area is 172 Å². The van der Waals surface area contributed by atoms with E-state index >= 15 is 0 Å². The van der Waals surface area contributed by atoms with Gasteiger partial charge in [-0.3, -0.25) is 9.10 Å². The summed E-state index contributed by atoms with van der Waals surface area (Å²) in [6.07, 6.45) is 1.45. The molecule has 0 saturated carbocycles. The highest BCUT2D eigenvalue weighted by Gasteiger charge is 2.31. The normalized spacial score (nSPS) is 12.2. The van der Waals surface area contributed by atoms with E-state index in [0.29, 0.717) is 17.8 Å². The highest BCUT2D eigenvalue weighted by atomic mass is 32.2. The van der Waals surface area contributed by atoms with E-state index in [1.807, 2.05) is 54.6 Å². The van der Waals surface area contributed by atoms with Crippen LogP contribution < -0.4 is 9.62 Å². The molecule has 1 atom stereocenters. The van der Waals surface area contributed by atoms with E-state index in [0.717, 1.165) is 17.4 Å². The number of amides is 1. The summed E-state index contributed by atoms with van der Waals surface area (Å²) in [6, 6.07) is 25.1. The summed E-state index contributed by atoms with van der Waals surface area (Å²) in [5, 5.41) is 2.94. The van der Waals surface area contributed by atoms with Gasteiger partial charge in [0.05, 0.1) is 11.9 Å². The summed E-state index contributed by atoms with van der Waals surface area (Å²) in [5.74, 6) is -0.370. The summed E-state index contributed by atoms with van der Waals surface area (Å²) in [4.78, 5) is 13.2. The molecule has 0 fully saturated rings. The van der Waals surface area contributed by atoms with Crippen LogP contribution in [0.1, 0.15) is 13.3 Å². The third kappa shape index (κ3) is 4.84. The molecule has 0 heterocycles. The molecule has 0 spiro atoms. The number of hydrogen-bond acceptors (Lipinski definition) is 3. The second kappa shape index (κ2) is 8.92. The molecule has 1 unspecified atom stereocenters. The summed E-state index contributed by atoms with van der Waals surface area (Å²) in [5.41, 5.74) is 2.96. The van der Waals surface area contributed by atoms with Crippen molar-refractivity contribution in [2.75, 3.05) is 15.9 Å². The fraction of sp³-hybridized carbons (Fsp3) is 0.174. The average Bonchev–Trinajstić information content (AvgIpc) is 2.72. The molecule has 0 aliphatic rings. The van der Waals surface area contributed by atoms with Crippen molar-refractivity contribution in [3.05, 3.63) is 84.9 Å². The Morgan fingerprint density at radius 2 is 1.45 bits per heavy atom. The molecule has 0 radical (unpaired) electrons. The van der Waals surface area contributed by atoms with Crippen LogP contribution in [0.15, 0.2) is 84.9 Å². The number of rotatable bonds is 7. The smallest absolute Gasteiger partial charge is 0.248 e. The van der Waals surface area contributed by atoms with E-state index in [9.17, 15) is 13.2 Å². The summed E-state index contributed by atoms with van der Waals surface area (Å²) in [6.45, 7) is 1.80. The van der Waals surface area contributed by atoms with Crippen LogP contribution in [0.25, 0.3) is 11.1 Å². The summed E-state index contributed by atoms with van der Waals surface area (Å²) in [7, 11) is -3.66. The van der Waals surface area contributed by atoms with Crippen LogP contribution >= 0.6 is 0 Å². The van der Waals surface area contributed by atoms with Gasteiger partial charge >= 0.3 is 0 Å². The van der Waals surface area contributed by atoms with Gasteiger partial charge in [0, 0.05) is 11.3 Å². The van der Waals surface area contributed by atoms with E-state index in [1.165, 1.54) is 4.31 Å². The maximum Gasteiger partial charge on any atom is 0.248 e. The molecule has 0 aromatic heterocycles. The number of sulfonamides is 1. The van der Waals surface area contributed by atoms with Crippen molar-refractivity contribution in [3.63, 3.8) is 0 Å². The van der Waals surface area contributed by atoms with Gasteiger partial charge in [-0.15, -0.1) is 0 Å². The number of hydrogen-bond donors (Lipinski definition) is 1. The van der Waals surface area contributed by atoms with Crippen molar-refractivity contribution in [2.24, 2.45) is 0 Å². The number of carbonyl (C=O) groups excluding carboxylic acids is 1. The molecule has 3 aromatic carbocycles. The van der Waals surface area contributed by atoms with Gasteiger partial charge < -0.3 is 5.32 Å². The number of nitrogens with zero attached hydrogens (tertiary/aromatic N) is 1. The minimum Gasteiger partial charge on any atom is -0.324 e. The molecular formula is C23H24N2O3S. The maximum atomic E-state index is 13.2. The first-order chi connectivity index (χ1) is 13.9. The van der Waals surface area contributed by atoms with E-state index in [2.05, 4.69) is 5.32 Å². The number of carbonyl (C=O) groups is 1. The van der Waals surface area contributed by atoms with Crippen LogP contribution in [0.5, 0.6) is 0 Å². The molecule has 29 heavy (non-hydrogen) atoms. The Morgan fingerprint density at radius 3 is 2.03 bits per heavy atom. The Morgan fingerprint density at radius 1 is 0.897 bits per heavy atom. The second-order valence-corrected chi connectivity index (χ2v) is 8.58. The Balaban J connectivity index is 1.95. The van der Waals surface area contributed by atoms with Gasteiger partial charge in [-0.2, -0.15) is 0 Å². The van der Waals surface area contributed by atoms with Gasteiger partial charge in [0.15, 0.2) is 0 Å². The zero-order chi connectivity index (χ0) is 20.9. The second-order valence-electron chi connectivity index (χ2n) is 6.72. The predicted molar refractivity (Wildman–Crippen MR) is 118 cm³/mol. The lowest BCUT2D eigenvalue weighted by Gasteiger charge is -2.30. The topological polar surface area (TPSA) is 66.5 Å². The Bertz CT molecular complexity index is 1070. The van der Waals surface area contributed by atoms with Crippen LogP contribution in [0.3, 0.4) is 0 Å². The lowest BCUT2D eigenvalue weighted by atomic mass is 10.0. The highest BCUT2D eigenvalue weighted by Crippen LogP contribution is 2.29. The van der Waals surface area contributed by atoms with Gasteiger partial charge in [0.25, 0.3) is 0 Å². The Hall–Kier alpha value is -3.12. The van der Waals surface area contributed by atoms with Crippen molar-refractivity contribution in [3.8, 4) is 11.1 Å². The highest BCUT2D eigenvalue weighted by molar-refractivity contribution is 7.92. The van der Waals surface area contributed by atoms with Crippen LogP contribution in [0, 0.1) is 0 Å². The fourth-order valence-electron chi connectivity index (χ4n) is 3.31. The lowest BCUT2D eigenvalue weighted by molar-refractivity contribution is -0.117. The van der Waals surface area contributed by atoms with Gasteiger partial charge in [-0.1, -0.05) is 73.7 Å². The molecule has 1 N–H and O–H groups in total. The zero-order valence-corrected chi connectivity index (χ0v) is 17.3. The first kappa shape index (κ1) is 20.6. The number of anilines is 2. The van der Waals surface area contributed by atoms with Gasteiger partial charge in [0.2, 0.25) is 15.9 Å². The number of benzene rings is 3. The van der Waals surface area contributed by atoms with Crippen LogP contribution in [-0.2, 0) is 14.8 Å². The molecule has 3 rings (SSSR count). The van der Waals surface area contributed by atoms with E-state index in [-0.39, 0.29) is 5.91 Å². The third-order valence-electron chi connectivity index (χ3n) is 4.61. The minimum absolute atomic E-state index is 0.335. The van der Waals surface area contributed by atoms with Crippen molar-refractivity contribution in [1.29, 1.82) is 0 Å². The molecule has 150 valence electrons. The van der Waals surface area contributed by atoms with Crippen LogP contribution in [-0.4, -0.2) is 26.6 Å². The van der Waals surface area contributed by atoms with Gasteiger partial charge in [-0.25, -0.2) is 8.42 Å². The molecule has 0 aliphatic heterocycles. The standard InChI is InChI=1S/C23H24N2O3S/c1-3-22(25(29(2,27)28)19-14-8-5-9-15-19)23(26)24-21-17-11-10-16-20(21)18-12-6-4-7-13-18/h4-17,22H,3H2,1-2H3,(H,24,26). The molecule has 0 bridgehead atoms. The molecule has 0 aliphatic carbocycles. The largest absolute Gasteiger partial charge is 0.324 e. The first-order valence-electron chi connectivity index (χ1n) is 9.41. The summed E-state index contributed by atoms with van der Waals surface area (Å²) < 4.78 is 26.2.